The van der Waals surface area contributed by atoms with Gasteiger partial charge in [0.2, 0.25) is 0 Å². The minimum atomic E-state index is -0.896. The van der Waals surface area contributed by atoms with Gasteiger partial charge in [0.15, 0.2) is 0 Å². The number of carboxylic acids is 1. The van der Waals surface area contributed by atoms with Crippen LogP contribution in [0.5, 0.6) is 0 Å². The van der Waals surface area contributed by atoms with Gasteiger partial charge in [-0.1, -0.05) is 0 Å². The van der Waals surface area contributed by atoms with Crippen LogP contribution in [0.25, 0.3) is 0 Å². The van der Waals surface area contributed by atoms with Crippen molar-refractivity contribution in [2.24, 2.45) is 0 Å². The Balaban J connectivity index is 3.55. The maximum atomic E-state index is 11.5. The number of amides is 2. The number of nitrogens with one attached hydrogen (secondary N) is 1. The van der Waals surface area contributed by atoms with Crippen LogP contribution in [0.2, 0.25) is 0 Å². The quantitative estimate of drug-likeness (QED) is 0.578. The second-order valence-electron chi connectivity index (χ2n) is 3.91. The molecule has 0 aromatic heterocycles. The van der Waals surface area contributed by atoms with Gasteiger partial charge in [-0.2, -0.15) is 0 Å². The lowest BCUT2D eigenvalue weighted by atomic mass is 10.4. The highest BCUT2D eigenvalue weighted by molar-refractivity contribution is 5.73. The van der Waals surface area contributed by atoms with Crippen LogP contribution in [0, 0.1) is 0 Å². The van der Waals surface area contributed by atoms with E-state index in [4.69, 9.17) is 14.6 Å². The predicted octanol–water partition coefficient (Wildman–Crippen LogP) is 0.154. The molecule has 0 saturated heterocycles. The number of methoxy groups -OCH3 is 1. The van der Waals surface area contributed by atoms with Crippen molar-refractivity contribution in [2.45, 2.75) is 19.4 Å². The summed E-state index contributed by atoms with van der Waals surface area (Å²) in [5, 5.41) is 11.0. The highest BCUT2D eigenvalue weighted by Gasteiger charge is 2.10. The Morgan fingerprint density at radius 3 is 2.61 bits per heavy atom. The Labute approximate surface area is 107 Å². The Morgan fingerprint density at radius 2 is 2.06 bits per heavy atom. The van der Waals surface area contributed by atoms with E-state index in [1.807, 2.05) is 6.92 Å². The number of hydrogen-bond donors (Lipinski definition) is 2. The zero-order chi connectivity index (χ0) is 14.0. The molecule has 0 aliphatic heterocycles. The second kappa shape index (κ2) is 9.67. The van der Waals surface area contributed by atoms with Crippen molar-refractivity contribution in [1.29, 1.82) is 0 Å². The van der Waals surface area contributed by atoms with Gasteiger partial charge in [0.25, 0.3) is 0 Å². The van der Waals surface area contributed by atoms with Crippen LogP contribution in [0.4, 0.5) is 4.79 Å². The fourth-order valence-electron chi connectivity index (χ4n) is 1.17. The minimum absolute atomic E-state index is 0.0208. The number of carboxylic acid groups (broad SMARTS) is 1. The molecule has 7 nitrogen and oxygen atoms in total. The molecule has 0 spiro atoms. The molecule has 2 N–H and O–H groups in total. The number of carbonyl (C=O) groups is 2. The van der Waals surface area contributed by atoms with Crippen molar-refractivity contribution in [3.63, 3.8) is 0 Å². The summed E-state index contributed by atoms with van der Waals surface area (Å²) in [6, 6.07) is -0.208. The van der Waals surface area contributed by atoms with Crippen LogP contribution in [0.3, 0.4) is 0 Å². The third-order valence-electron chi connectivity index (χ3n) is 2.26. The fraction of sp³-hybridized carbons (Fsp3) is 0.818. The van der Waals surface area contributed by atoms with Crippen molar-refractivity contribution in [2.75, 3.05) is 40.5 Å². The van der Waals surface area contributed by atoms with Crippen molar-refractivity contribution in [3.8, 4) is 0 Å². The summed E-state index contributed by atoms with van der Waals surface area (Å²) < 4.78 is 10.1. The Morgan fingerprint density at radius 1 is 1.39 bits per heavy atom. The summed E-state index contributed by atoms with van der Waals surface area (Å²) in [5.41, 5.74) is 0. The first-order valence-electron chi connectivity index (χ1n) is 5.78. The Kier molecular flexibility index (Phi) is 8.95. The topological polar surface area (TPSA) is 88.1 Å². The van der Waals surface area contributed by atoms with Gasteiger partial charge in [-0.25, -0.2) is 4.79 Å². The third-order valence-corrected chi connectivity index (χ3v) is 2.26. The van der Waals surface area contributed by atoms with Gasteiger partial charge in [-0.3, -0.25) is 4.79 Å². The normalized spacial score (nSPS) is 11.9. The molecular formula is C11H22N2O5. The summed E-state index contributed by atoms with van der Waals surface area (Å²) in [7, 11) is 3.27. The van der Waals surface area contributed by atoms with E-state index >= 15 is 0 Å². The number of nitrogens with zero attached hydrogens (tertiary/aromatic N) is 1. The third kappa shape index (κ3) is 8.77. The summed E-state index contributed by atoms with van der Waals surface area (Å²) in [6.45, 7) is 3.18. The number of aliphatic carboxylic acids is 1. The van der Waals surface area contributed by atoms with Gasteiger partial charge in [-0.15, -0.1) is 0 Å². The number of carbonyl (C=O) groups excluding carboxylic acids is 1. The van der Waals surface area contributed by atoms with Gasteiger partial charge in [-0.05, 0) is 6.92 Å². The zero-order valence-corrected chi connectivity index (χ0v) is 11.1. The lowest BCUT2D eigenvalue weighted by molar-refractivity contribution is -0.138. The minimum Gasteiger partial charge on any atom is -0.481 e. The molecule has 18 heavy (non-hydrogen) atoms. The molecule has 2 amide bonds. The first-order chi connectivity index (χ1) is 8.47. The summed E-state index contributed by atoms with van der Waals surface area (Å²) in [5.74, 6) is -0.896. The monoisotopic (exact) mass is 262 g/mol. The Hall–Kier alpha value is -1.34. The van der Waals surface area contributed by atoms with E-state index in [1.165, 1.54) is 4.90 Å². The molecule has 106 valence electrons. The lowest BCUT2D eigenvalue weighted by Crippen LogP contribution is -2.42. The molecule has 0 aliphatic rings. The Bertz CT molecular complexity index is 260. The number of hydrogen-bond acceptors (Lipinski definition) is 4. The SMILES string of the molecule is COC(C)CN(C)C(=O)NCCOCCC(=O)O. The smallest absolute Gasteiger partial charge is 0.317 e. The largest absolute Gasteiger partial charge is 0.481 e. The van der Waals surface area contributed by atoms with E-state index in [1.54, 1.807) is 14.2 Å². The van der Waals surface area contributed by atoms with Crippen LogP contribution in [-0.4, -0.2) is 68.6 Å². The van der Waals surface area contributed by atoms with Gasteiger partial charge in [0.1, 0.15) is 0 Å². The van der Waals surface area contributed by atoms with Crippen LogP contribution < -0.4 is 5.32 Å². The molecule has 1 atom stereocenters. The van der Waals surface area contributed by atoms with E-state index in [9.17, 15) is 9.59 Å². The summed E-state index contributed by atoms with van der Waals surface area (Å²) in [6.07, 6.45) is -0.0493. The van der Waals surface area contributed by atoms with Crippen molar-refractivity contribution in [1.82, 2.24) is 10.2 Å². The average Bonchev–Trinajstić information content (AvgIpc) is 2.32. The van der Waals surface area contributed by atoms with Gasteiger partial charge >= 0.3 is 12.0 Å². The average molecular weight is 262 g/mol. The number of rotatable bonds is 9. The van der Waals surface area contributed by atoms with Gasteiger partial charge in [0, 0.05) is 27.2 Å². The maximum absolute atomic E-state index is 11.5. The molecule has 0 aromatic carbocycles. The van der Waals surface area contributed by atoms with E-state index < -0.39 is 5.97 Å². The lowest BCUT2D eigenvalue weighted by Gasteiger charge is -2.21. The van der Waals surface area contributed by atoms with Crippen molar-refractivity contribution in [3.05, 3.63) is 0 Å². The molecule has 0 radical (unpaired) electrons. The van der Waals surface area contributed by atoms with E-state index in [0.717, 1.165) is 0 Å². The van der Waals surface area contributed by atoms with Gasteiger partial charge < -0.3 is 24.8 Å². The molecule has 0 aliphatic carbocycles. The first-order valence-corrected chi connectivity index (χ1v) is 5.78. The summed E-state index contributed by atoms with van der Waals surface area (Å²) >= 11 is 0. The molecule has 1 unspecified atom stereocenters. The van der Waals surface area contributed by atoms with Crippen LogP contribution in [0.1, 0.15) is 13.3 Å². The molecule has 0 heterocycles. The zero-order valence-electron chi connectivity index (χ0n) is 11.1. The first kappa shape index (κ1) is 16.7. The maximum Gasteiger partial charge on any atom is 0.317 e. The van der Waals surface area contributed by atoms with Crippen molar-refractivity contribution < 1.29 is 24.2 Å². The molecule has 0 bridgehead atoms. The number of likely N-dealkylation sites (N-methyl/N-ethyl adjacent to an activating group) is 1. The van der Waals surface area contributed by atoms with E-state index in [0.29, 0.717) is 19.7 Å². The van der Waals surface area contributed by atoms with Gasteiger partial charge in [0.05, 0.1) is 25.7 Å². The van der Waals surface area contributed by atoms with Crippen LogP contribution in [0.15, 0.2) is 0 Å². The highest BCUT2D eigenvalue weighted by Crippen LogP contribution is 1.92. The second-order valence-corrected chi connectivity index (χ2v) is 3.91. The predicted molar refractivity (Wildman–Crippen MR) is 65.6 cm³/mol. The van der Waals surface area contributed by atoms with E-state index in [-0.39, 0.29) is 25.2 Å². The molecular weight excluding hydrogens is 240 g/mol. The van der Waals surface area contributed by atoms with Crippen LogP contribution >= 0.6 is 0 Å². The van der Waals surface area contributed by atoms with E-state index in [2.05, 4.69) is 5.32 Å². The molecule has 0 fully saturated rings. The standard InChI is InChI=1S/C11H22N2O5/c1-9(17-3)8-13(2)11(16)12-5-7-18-6-4-10(14)15/h9H,4-8H2,1-3H3,(H,12,16)(H,14,15). The fourth-order valence-corrected chi connectivity index (χ4v) is 1.17. The number of urea groups is 1. The molecule has 7 heteroatoms. The molecule has 0 saturated carbocycles. The molecule has 0 rings (SSSR count). The van der Waals surface area contributed by atoms with Crippen LogP contribution in [-0.2, 0) is 14.3 Å². The summed E-state index contributed by atoms with van der Waals surface area (Å²) in [4.78, 5) is 23.3. The molecule has 0 aromatic rings. The number of ether oxygens (including phenoxy) is 2. The van der Waals surface area contributed by atoms with Crippen molar-refractivity contribution >= 4 is 12.0 Å². The highest BCUT2D eigenvalue weighted by atomic mass is 16.5.